The lowest BCUT2D eigenvalue weighted by atomic mass is 10.1. The van der Waals surface area contributed by atoms with Crippen molar-refractivity contribution in [3.05, 3.63) is 0 Å². The molecule has 0 aromatic heterocycles. The van der Waals surface area contributed by atoms with Gasteiger partial charge in [-0.05, 0) is 46.7 Å². The van der Waals surface area contributed by atoms with E-state index in [2.05, 4.69) is 11.8 Å². The summed E-state index contributed by atoms with van der Waals surface area (Å²) in [6.07, 6.45) is 3.99. The molecule has 1 rings (SSSR count). The minimum atomic E-state index is -0.399. The van der Waals surface area contributed by atoms with Crippen LogP contribution in [0.2, 0.25) is 0 Å². The van der Waals surface area contributed by atoms with Crippen LogP contribution in [-0.4, -0.2) is 48.0 Å². The first-order chi connectivity index (χ1) is 7.05. The van der Waals surface area contributed by atoms with Gasteiger partial charge in [0.1, 0.15) is 0 Å². The maximum Gasteiger partial charge on any atom is 0.0856 e. The Hall–Kier alpha value is -0.120. The highest BCUT2D eigenvalue weighted by atomic mass is 16.5. The van der Waals surface area contributed by atoms with Crippen molar-refractivity contribution in [1.82, 2.24) is 4.90 Å². The second kappa shape index (κ2) is 5.83. The number of hydrogen-bond acceptors (Lipinski definition) is 3. The largest absolute Gasteiger partial charge is 0.393 e. The molecule has 1 aliphatic rings. The second-order valence-corrected chi connectivity index (χ2v) is 5.17. The maximum absolute atomic E-state index is 9.08. The Labute approximate surface area is 93.4 Å². The molecule has 1 fully saturated rings. The molecular formula is C12H25NO2. The molecule has 3 heteroatoms. The van der Waals surface area contributed by atoms with Gasteiger partial charge in [0.25, 0.3) is 0 Å². The third kappa shape index (κ3) is 4.49. The van der Waals surface area contributed by atoms with Crippen LogP contribution in [0.4, 0.5) is 0 Å². The van der Waals surface area contributed by atoms with Gasteiger partial charge in [-0.15, -0.1) is 0 Å². The van der Waals surface area contributed by atoms with E-state index in [1.165, 1.54) is 32.4 Å². The van der Waals surface area contributed by atoms with Crippen LogP contribution in [0.15, 0.2) is 0 Å². The summed E-state index contributed by atoms with van der Waals surface area (Å²) in [6.45, 7) is 9.26. The topological polar surface area (TPSA) is 32.7 Å². The summed E-state index contributed by atoms with van der Waals surface area (Å²) in [4.78, 5) is 2.48. The molecule has 3 nitrogen and oxygen atoms in total. The Bertz CT molecular complexity index is 176. The average Bonchev–Trinajstić information content (AvgIpc) is 2.27. The molecule has 0 radical (unpaired) electrons. The van der Waals surface area contributed by atoms with Crippen molar-refractivity contribution in [1.29, 1.82) is 0 Å². The normalized spacial score (nSPS) is 21.6. The molecular weight excluding hydrogens is 190 g/mol. The lowest BCUT2D eigenvalue weighted by Gasteiger charge is -2.34. The van der Waals surface area contributed by atoms with Crippen molar-refractivity contribution in [2.75, 3.05) is 26.3 Å². The third-order valence-corrected chi connectivity index (χ3v) is 3.11. The first-order valence-electron chi connectivity index (χ1n) is 6.04. The van der Waals surface area contributed by atoms with Gasteiger partial charge in [-0.1, -0.05) is 6.42 Å². The summed E-state index contributed by atoms with van der Waals surface area (Å²) >= 11 is 0. The van der Waals surface area contributed by atoms with E-state index in [4.69, 9.17) is 9.84 Å². The molecule has 0 aromatic rings. The molecule has 0 bridgehead atoms. The van der Waals surface area contributed by atoms with Gasteiger partial charge in [-0.25, -0.2) is 0 Å². The Balaban J connectivity index is 2.25. The zero-order valence-corrected chi connectivity index (χ0v) is 10.3. The van der Waals surface area contributed by atoms with E-state index in [1.54, 1.807) is 0 Å². The van der Waals surface area contributed by atoms with Crippen LogP contribution >= 0.6 is 0 Å². The van der Waals surface area contributed by atoms with Crippen LogP contribution in [0.25, 0.3) is 0 Å². The fraction of sp³-hybridized carbons (Fsp3) is 1.00. The summed E-state index contributed by atoms with van der Waals surface area (Å²) < 4.78 is 5.70. The number of aliphatic hydroxyl groups excluding tert-OH is 1. The quantitative estimate of drug-likeness (QED) is 0.757. The molecule has 0 saturated carbocycles. The monoisotopic (exact) mass is 215 g/mol. The minimum Gasteiger partial charge on any atom is -0.393 e. The van der Waals surface area contributed by atoms with Gasteiger partial charge in [0, 0.05) is 6.04 Å². The van der Waals surface area contributed by atoms with Crippen molar-refractivity contribution >= 4 is 0 Å². The number of rotatable bonds is 5. The number of likely N-dealkylation sites (tertiary alicyclic amines) is 1. The molecule has 1 heterocycles. The highest BCUT2D eigenvalue weighted by Crippen LogP contribution is 2.14. The fourth-order valence-corrected chi connectivity index (χ4v) is 1.86. The summed E-state index contributed by atoms with van der Waals surface area (Å²) in [5.74, 6) is 0. The zero-order valence-electron chi connectivity index (χ0n) is 10.3. The number of hydrogen-bond donors (Lipinski definition) is 1. The molecule has 1 N–H and O–H groups in total. The standard InChI is InChI=1S/C12H25NO2/c1-11(9-15-12(2,3)10-14)13-7-5-4-6-8-13/h11,14H,4-10H2,1-3H3. The van der Waals surface area contributed by atoms with E-state index in [0.29, 0.717) is 12.6 Å². The van der Waals surface area contributed by atoms with Gasteiger partial charge < -0.3 is 9.84 Å². The Morgan fingerprint density at radius 2 is 1.87 bits per heavy atom. The van der Waals surface area contributed by atoms with Crippen molar-refractivity contribution in [3.63, 3.8) is 0 Å². The highest BCUT2D eigenvalue weighted by molar-refractivity contribution is 4.73. The van der Waals surface area contributed by atoms with Gasteiger partial charge >= 0.3 is 0 Å². The van der Waals surface area contributed by atoms with E-state index in [-0.39, 0.29) is 6.61 Å². The molecule has 1 atom stereocenters. The Morgan fingerprint density at radius 3 is 2.40 bits per heavy atom. The van der Waals surface area contributed by atoms with Crippen molar-refractivity contribution in [2.24, 2.45) is 0 Å². The minimum absolute atomic E-state index is 0.0831. The van der Waals surface area contributed by atoms with Gasteiger partial charge in [0.15, 0.2) is 0 Å². The summed E-state index contributed by atoms with van der Waals surface area (Å²) in [5, 5.41) is 9.08. The van der Waals surface area contributed by atoms with E-state index in [0.717, 1.165) is 0 Å². The first kappa shape index (κ1) is 12.9. The number of ether oxygens (including phenoxy) is 1. The molecule has 15 heavy (non-hydrogen) atoms. The van der Waals surface area contributed by atoms with E-state index in [1.807, 2.05) is 13.8 Å². The summed E-state index contributed by atoms with van der Waals surface area (Å²) in [7, 11) is 0. The van der Waals surface area contributed by atoms with Gasteiger partial charge in [0.05, 0.1) is 18.8 Å². The molecule has 1 saturated heterocycles. The zero-order chi connectivity index (χ0) is 11.3. The van der Waals surface area contributed by atoms with Crippen LogP contribution in [-0.2, 0) is 4.74 Å². The molecule has 90 valence electrons. The molecule has 1 unspecified atom stereocenters. The first-order valence-corrected chi connectivity index (χ1v) is 6.04. The van der Waals surface area contributed by atoms with E-state index < -0.39 is 5.60 Å². The molecule has 0 aromatic carbocycles. The van der Waals surface area contributed by atoms with Crippen LogP contribution in [0.1, 0.15) is 40.0 Å². The number of piperidine rings is 1. The summed E-state index contributed by atoms with van der Waals surface area (Å²) in [5.41, 5.74) is -0.399. The molecule has 1 aliphatic heterocycles. The van der Waals surface area contributed by atoms with Crippen LogP contribution in [0.5, 0.6) is 0 Å². The van der Waals surface area contributed by atoms with Crippen LogP contribution in [0, 0.1) is 0 Å². The molecule has 0 spiro atoms. The Kier molecular flexibility index (Phi) is 5.03. The predicted molar refractivity (Wildman–Crippen MR) is 62.0 cm³/mol. The molecule has 0 aliphatic carbocycles. The smallest absolute Gasteiger partial charge is 0.0856 e. The van der Waals surface area contributed by atoms with E-state index in [9.17, 15) is 0 Å². The third-order valence-electron chi connectivity index (χ3n) is 3.11. The predicted octanol–water partition coefficient (Wildman–Crippen LogP) is 1.65. The van der Waals surface area contributed by atoms with Crippen LogP contribution in [0.3, 0.4) is 0 Å². The van der Waals surface area contributed by atoms with Crippen molar-refractivity contribution < 1.29 is 9.84 Å². The van der Waals surface area contributed by atoms with Crippen LogP contribution < -0.4 is 0 Å². The average molecular weight is 215 g/mol. The molecule has 0 amide bonds. The fourth-order valence-electron chi connectivity index (χ4n) is 1.86. The van der Waals surface area contributed by atoms with Crippen molar-refractivity contribution in [3.8, 4) is 0 Å². The van der Waals surface area contributed by atoms with Gasteiger partial charge in [-0.2, -0.15) is 0 Å². The Morgan fingerprint density at radius 1 is 1.27 bits per heavy atom. The highest BCUT2D eigenvalue weighted by Gasteiger charge is 2.21. The number of aliphatic hydroxyl groups is 1. The van der Waals surface area contributed by atoms with Gasteiger partial charge in [-0.3, -0.25) is 4.90 Å². The van der Waals surface area contributed by atoms with E-state index >= 15 is 0 Å². The van der Waals surface area contributed by atoms with Gasteiger partial charge in [0.2, 0.25) is 0 Å². The van der Waals surface area contributed by atoms with Crippen molar-refractivity contribution in [2.45, 2.75) is 51.7 Å². The lowest BCUT2D eigenvalue weighted by molar-refractivity contribution is -0.0734. The second-order valence-electron chi connectivity index (χ2n) is 5.17. The lowest BCUT2D eigenvalue weighted by Crippen LogP contribution is -2.42. The summed E-state index contributed by atoms with van der Waals surface area (Å²) in [6, 6.07) is 0.469. The number of nitrogens with zero attached hydrogens (tertiary/aromatic N) is 1. The SMILES string of the molecule is CC(COC(C)(C)CO)N1CCCCC1. The maximum atomic E-state index is 9.08.